The summed E-state index contributed by atoms with van der Waals surface area (Å²) in [7, 11) is 0.907. The second kappa shape index (κ2) is 3.80. The van der Waals surface area contributed by atoms with Gasteiger partial charge in [0.1, 0.15) is 0 Å². The van der Waals surface area contributed by atoms with Gasteiger partial charge in [0.05, 0.1) is 0 Å². The second-order valence-corrected chi connectivity index (χ2v) is 7.08. The van der Waals surface area contributed by atoms with E-state index in [0.29, 0.717) is 5.16 Å². The molecule has 0 bridgehead atoms. The standard InChI is InChI=1S/C12H19P/c1-9-6-10(2)8-11(7-9)13-12(3,4)5/h6-8,13H,1-5H3. The lowest BCUT2D eigenvalue weighted by Gasteiger charge is -2.18. The van der Waals surface area contributed by atoms with E-state index in [1.54, 1.807) is 0 Å². The zero-order chi connectivity index (χ0) is 10.1. The fourth-order valence-electron chi connectivity index (χ4n) is 1.48. The van der Waals surface area contributed by atoms with Crippen molar-refractivity contribution in [3.8, 4) is 0 Å². The first-order chi connectivity index (χ1) is 5.87. The van der Waals surface area contributed by atoms with E-state index in [0.717, 1.165) is 8.58 Å². The number of rotatable bonds is 1. The number of hydrogen-bond donors (Lipinski definition) is 0. The van der Waals surface area contributed by atoms with E-state index in [1.165, 1.54) is 16.4 Å². The van der Waals surface area contributed by atoms with E-state index >= 15 is 0 Å². The van der Waals surface area contributed by atoms with Crippen LogP contribution in [0, 0.1) is 13.8 Å². The predicted octanol–water partition coefficient (Wildman–Crippen LogP) is 3.41. The van der Waals surface area contributed by atoms with Crippen LogP contribution in [0.5, 0.6) is 0 Å². The lowest BCUT2D eigenvalue weighted by atomic mass is 10.2. The van der Waals surface area contributed by atoms with Gasteiger partial charge in [0.25, 0.3) is 0 Å². The number of benzene rings is 1. The molecule has 0 heterocycles. The van der Waals surface area contributed by atoms with Crippen molar-refractivity contribution >= 4 is 13.9 Å². The maximum Gasteiger partial charge on any atom is -0.0166 e. The van der Waals surface area contributed by atoms with Crippen LogP contribution in [0.2, 0.25) is 0 Å². The Morgan fingerprint density at radius 2 is 1.38 bits per heavy atom. The molecule has 0 saturated heterocycles. The largest absolute Gasteiger partial charge is 0.0848 e. The molecular formula is C12H19P. The number of hydrogen-bond acceptors (Lipinski definition) is 0. The van der Waals surface area contributed by atoms with E-state index in [2.05, 4.69) is 52.8 Å². The van der Waals surface area contributed by atoms with Crippen LogP contribution >= 0.6 is 8.58 Å². The molecule has 0 fully saturated rings. The summed E-state index contributed by atoms with van der Waals surface area (Å²) in [5.74, 6) is 0. The van der Waals surface area contributed by atoms with E-state index < -0.39 is 0 Å². The highest BCUT2D eigenvalue weighted by Gasteiger charge is 2.10. The quantitative estimate of drug-likeness (QED) is 0.601. The van der Waals surface area contributed by atoms with Gasteiger partial charge < -0.3 is 0 Å². The summed E-state index contributed by atoms with van der Waals surface area (Å²) in [4.78, 5) is 0. The van der Waals surface area contributed by atoms with Crippen molar-refractivity contribution in [1.29, 1.82) is 0 Å². The molecule has 0 aliphatic heterocycles. The van der Waals surface area contributed by atoms with Gasteiger partial charge in [0, 0.05) is 0 Å². The SMILES string of the molecule is Cc1cc(C)cc(PC(C)(C)C)c1. The minimum Gasteiger partial charge on any atom is -0.0848 e. The molecule has 0 saturated carbocycles. The molecule has 1 rings (SSSR count). The minimum atomic E-state index is 0.417. The zero-order valence-corrected chi connectivity index (χ0v) is 10.2. The Bertz CT molecular complexity index is 274. The van der Waals surface area contributed by atoms with Crippen molar-refractivity contribution in [3.05, 3.63) is 29.3 Å². The molecule has 0 aromatic heterocycles. The third kappa shape index (κ3) is 3.91. The second-order valence-electron chi connectivity index (χ2n) is 4.75. The summed E-state index contributed by atoms with van der Waals surface area (Å²) in [6.45, 7) is 11.2. The van der Waals surface area contributed by atoms with E-state index in [1.807, 2.05) is 0 Å². The molecule has 1 atom stereocenters. The molecule has 1 unspecified atom stereocenters. The summed E-state index contributed by atoms with van der Waals surface area (Å²) < 4.78 is 0. The smallest absolute Gasteiger partial charge is 0.0166 e. The maximum absolute atomic E-state index is 2.30. The Hall–Kier alpha value is -0.350. The summed E-state index contributed by atoms with van der Waals surface area (Å²) in [6.07, 6.45) is 0. The lowest BCUT2D eigenvalue weighted by molar-refractivity contribution is 0.799. The van der Waals surface area contributed by atoms with E-state index in [4.69, 9.17) is 0 Å². The summed E-state index contributed by atoms with van der Waals surface area (Å²) in [6, 6.07) is 6.84. The van der Waals surface area contributed by atoms with Crippen LogP contribution in [0.25, 0.3) is 0 Å². The van der Waals surface area contributed by atoms with Crippen molar-refractivity contribution in [3.63, 3.8) is 0 Å². The van der Waals surface area contributed by atoms with Gasteiger partial charge in [-0.1, -0.05) is 58.7 Å². The molecule has 0 N–H and O–H groups in total. The van der Waals surface area contributed by atoms with Crippen LogP contribution in [-0.2, 0) is 0 Å². The van der Waals surface area contributed by atoms with Crippen molar-refractivity contribution in [2.45, 2.75) is 39.8 Å². The first-order valence-corrected chi connectivity index (χ1v) is 5.73. The minimum absolute atomic E-state index is 0.417. The molecule has 0 spiro atoms. The molecular weight excluding hydrogens is 175 g/mol. The average Bonchev–Trinajstić information content (AvgIpc) is 1.78. The van der Waals surface area contributed by atoms with Crippen molar-refractivity contribution in [2.24, 2.45) is 0 Å². The summed E-state index contributed by atoms with van der Waals surface area (Å²) >= 11 is 0. The van der Waals surface area contributed by atoms with Crippen LogP contribution in [-0.4, -0.2) is 5.16 Å². The van der Waals surface area contributed by atoms with Crippen molar-refractivity contribution in [2.75, 3.05) is 0 Å². The van der Waals surface area contributed by atoms with Gasteiger partial charge in [0.15, 0.2) is 0 Å². The van der Waals surface area contributed by atoms with Crippen LogP contribution < -0.4 is 5.30 Å². The van der Waals surface area contributed by atoms with Gasteiger partial charge in [0.2, 0.25) is 0 Å². The highest BCUT2D eigenvalue weighted by Crippen LogP contribution is 2.29. The van der Waals surface area contributed by atoms with Crippen LogP contribution in [0.4, 0.5) is 0 Å². The Balaban J connectivity index is 2.90. The molecule has 72 valence electrons. The van der Waals surface area contributed by atoms with Gasteiger partial charge in [-0.3, -0.25) is 0 Å². The molecule has 0 nitrogen and oxygen atoms in total. The molecule has 0 amide bonds. The Morgan fingerprint density at radius 1 is 0.923 bits per heavy atom. The topological polar surface area (TPSA) is 0 Å². The first-order valence-electron chi connectivity index (χ1n) is 4.73. The highest BCUT2D eigenvalue weighted by molar-refractivity contribution is 7.48. The van der Waals surface area contributed by atoms with Gasteiger partial charge in [-0.05, 0) is 24.3 Å². The normalized spacial score (nSPS) is 12.7. The van der Waals surface area contributed by atoms with Crippen molar-refractivity contribution < 1.29 is 0 Å². The Kier molecular flexibility index (Phi) is 3.14. The zero-order valence-electron chi connectivity index (χ0n) is 9.23. The summed E-state index contributed by atoms with van der Waals surface area (Å²) in [5.41, 5.74) is 2.76. The van der Waals surface area contributed by atoms with Crippen molar-refractivity contribution in [1.82, 2.24) is 0 Å². The van der Waals surface area contributed by atoms with E-state index in [-0.39, 0.29) is 0 Å². The first kappa shape index (κ1) is 10.7. The van der Waals surface area contributed by atoms with Crippen LogP contribution in [0.1, 0.15) is 31.9 Å². The van der Waals surface area contributed by atoms with Gasteiger partial charge in [-0.25, -0.2) is 0 Å². The van der Waals surface area contributed by atoms with Crippen LogP contribution in [0.3, 0.4) is 0 Å². The van der Waals surface area contributed by atoms with Crippen LogP contribution in [0.15, 0.2) is 18.2 Å². The van der Waals surface area contributed by atoms with Gasteiger partial charge in [-0.15, -0.1) is 0 Å². The third-order valence-electron chi connectivity index (χ3n) is 1.74. The molecule has 1 aromatic rings. The molecule has 0 aliphatic carbocycles. The summed E-state index contributed by atoms with van der Waals surface area (Å²) in [5, 5.41) is 1.91. The Morgan fingerprint density at radius 3 is 1.77 bits per heavy atom. The molecule has 0 radical (unpaired) electrons. The fraction of sp³-hybridized carbons (Fsp3) is 0.500. The fourth-order valence-corrected chi connectivity index (χ4v) is 2.95. The molecule has 1 aromatic carbocycles. The van der Waals surface area contributed by atoms with E-state index in [9.17, 15) is 0 Å². The highest BCUT2D eigenvalue weighted by atomic mass is 31.1. The maximum atomic E-state index is 2.30. The van der Waals surface area contributed by atoms with Gasteiger partial charge in [-0.2, -0.15) is 0 Å². The molecule has 0 aliphatic rings. The third-order valence-corrected chi connectivity index (χ3v) is 3.07. The predicted molar refractivity (Wildman–Crippen MR) is 63.6 cm³/mol. The molecule has 1 heteroatoms. The average molecular weight is 194 g/mol. The molecule has 13 heavy (non-hydrogen) atoms. The monoisotopic (exact) mass is 194 g/mol. The lowest BCUT2D eigenvalue weighted by Crippen LogP contribution is -2.11. The number of aryl methyl sites for hydroxylation is 2. The van der Waals surface area contributed by atoms with Gasteiger partial charge >= 0.3 is 0 Å². The Labute approximate surface area is 83.5 Å².